The number of amides is 1. The van der Waals surface area contributed by atoms with Crippen molar-refractivity contribution in [2.45, 2.75) is 38.1 Å². The molecule has 1 unspecified atom stereocenters. The molecule has 2 N–H and O–H groups in total. The van der Waals surface area contributed by atoms with Gasteiger partial charge in [0.05, 0.1) is 6.04 Å². The van der Waals surface area contributed by atoms with Crippen LogP contribution in [0.1, 0.15) is 42.9 Å². The maximum atomic E-state index is 12.2. The molecule has 0 saturated carbocycles. The fourth-order valence-corrected chi connectivity index (χ4v) is 2.85. The number of hydrogen-bond acceptors (Lipinski definition) is 2. The van der Waals surface area contributed by atoms with Gasteiger partial charge in [0.25, 0.3) is 0 Å². The van der Waals surface area contributed by atoms with Crippen LogP contribution >= 0.6 is 12.4 Å². The van der Waals surface area contributed by atoms with Gasteiger partial charge < -0.3 is 10.6 Å². The Labute approximate surface area is 157 Å². The summed E-state index contributed by atoms with van der Waals surface area (Å²) in [6, 6.07) is 20.9. The fourth-order valence-electron chi connectivity index (χ4n) is 2.85. The lowest BCUT2D eigenvalue weighted by molar-refractivity contribution is -0.122. The second kappa shape index (κ2) is 12.5. The molecule has 136 valence electrons. The Balaban J connectivity index is 0.00000312. The number of benzene rings is 2. The molecule has 3 nitrogen and oxygen atoms in total. The molecular formula is C21H29ClN2O. The van der Waals surface area contributed by atoms with Crippen molar-refractivity contribution in [3.05, 3.63) is 71.8 Å². The number of carbonyl (C=O) groups is 1. The fraction of sp³-hybridized carbons (Fsp3) is 0.381. The molecule has 0 aliphatic carbocycles. The molecule has 0 aliphatic heterocycles. The lowest BCUT2D eigenvalue weighted by atomic mass is 9.98. The summed E-state index contributed by atoms with van der Waals surface area (Å²) in [6.45, 7) is 0.872. The van der Waals surface area contributed by atoms with E-state index in [1.165, 1.54) is 11.1 Å². The minimum atomic E-state index is 0. The molecule has 2 rings (SSSR count). The van der Waals surface area contributed by atoms with Gasteiger partial charge in [-0.2, -0.15) is 0 Å². The Morgan fingerprint density at radius 2 is 1.60 bits per heavy atom. The Hall–Kier alpha value is -1.84. The molecule has 0 aromatic heterocycles. The van der Waals surface area contributed by atoms with Gasteiger partial charge in [0, 0.05) is 6.42 Å². The third-order valence-corrected chi connectivity index (χ3v) is 4.17. The highest BCUT2D eigenvalue weighted by Gasteiger charge is 2.14. The van der Waals surface area contributed by atoms with Crippen LogP contribution in [0.25, 0.3) is 0 Å². The van der Waals surface area contributed by atoms with E-state index in [2.05, 4.69) is 47.0 Å². The smallest absolute Gasteiger partial charge is 0.220 e. The summed E-state index contributed by atoms with van der Waals surface area (Å²) < 4.78 is 0. The largest absolute Gasteiger partial charge is 0.349 e. The Morgan fingerprint density at radius 1 is 0.960 bits per heavy atom. The highest BCUT2D eigenvalue weighted by Crippen LogP contribution is 2.20. The zero-order valence-corrected chi connectivity index (χ0v) is 15.7. The zero-order chi connectivity index (χ0) is 17.0. The molecule has 1 atom stereocenters. The van der Waals surface area contributed by atoms with Gasteiger partial charge in [-0.3, -0.25) is 4.79 Å². The van der Waals surface area contributed by atoms with Gasteiger partial charge in [0.1, 0.15) is 0 Å². The van der Waals surface area contributed by atoms with E-state index in [0.717, 1.165) is 32.2 Å². The highest BCUT2D eigenvalue weighted by molar-refractivity contribution is 5.85. The topological polar surface area (TPSA) is 41.1 Å². The van der Waals surface area contributed by atoms with Gasteiger partial charge in [-0.15, -0.1) is 12.4 Å². The van der Waals surface area contributed by atoms with Crippen molar-refractivity contribution in [3.8, 4) is 0 Å². The summed E-state index contributed by atoms with van der Waals surface area (Å²) in [4.78, 5) is 12.2. The predicted octanol–water partition coefficient (Wildman–Crippen LogP) is 4.29. The number of rotatable bonds is 10. The van der Waals surface area contributed by atoms with Gasteiger partial charge in [-0.1, -0.05) is 60.7 Å². The number of carbonyl (C=O) groups excluding carboxylic acids is 1. The summed E-state index contributed by atoms with van der Waals surface area (Å²) >= 11 is 0. The first-order valence-corrected chi connectivity index (χ1v) is 8.82. The van der Waals surface area contributed by atoms with Crippen LogP contribution in [-0.2, 0) is 11.2 Å². The van der Waals surface area contributed by atoms with Crippen LogP contribution in [0.15, 0.2) is 60.7 Å². The molecule has 0 heterocycles. The Kier molecular flexibility index (Phi) is 10.6. The second-order valence-corrected chi connectivity index (χ2v) is 6.12. The van der Waals surface area contributed by atoms with Gasteiger partial charge in [0.15, 0.2) is 0 Å². The van der Waals surface area contributed by atoms with Crippen LogP contribution in [0.2, 0.25) is 0 Å². The van der Waals surface area contributed by atoms with Crippen LogP contribution in [0.5, 0.6) is 0 Å². The van der Waals surface area contributed by atoms with Crippen LogP contribution in [0.4, 0.5) is 0 Å². The molecule has 0 radical (unpaired) electrons. The Bertz CT molecular complexity index is 589. The first kappa shape index (κ1) is 21.2. The van der Waals surface area contributed by atoms with E-state index in [1.807, 2.05) is 31.3 Å². The maximum absolute atomic E-state index is 12.2. The van der Waals surface area contributed by atoms with Gasteiger partial charge in [0.2, 0.25) is 5.91 Å². The lowest BCUT2D eigenvalue weighted by Crippen LogP contribution is -2.29. The van der Waals surface area contributed by atoms with E-state index >= 15 is 0 Å². The minimum Gasteiger partial charge on any atom is -0.349 e. The van der Waals surface area contributed by atoms with Crippen molar-refractivity contribution < 1.29 is 4.79 Å². The lowest BCUT2D eigenvalue weighted by Gasteiger charge is -2.19. The zero-order valence-electron chi connectivity index (χ0n) is 14.9. The third-order valence-electron chi connectivity index (χ3n) is 4.17. The number of hydrogen-bond donors (Lipinski definition) is 2. The predicted molar refractivity (Wildman–Crippen MR) is 107 cm³/mol. The van der Waals surface area contributed by atoms with E-state index in [-0.39, 0.29) is 24.4 Å². The third kappa shape index (κ3) is 8.19. The molecule has 25 heavy (non-hydrogen) atoms. The number of nitrogens with one attached hydrogen (secondary N) is 2. The van der Waals surface area contributed by atoms with Crippen molar-refractivity contribution in [2.24, 2.45) is 0 Å². The Morgan fingerprint density at radius 3 is 2.24 bits per heavy atom. The molecule has 2 aromatic carbocycles. The first-order chi connectivity index (χ1) is 11.8. The van der Waals surface area contributed by atoms with Crippen molar-refractivity contribution in [2.75, 3.05) is 13.6 Å². The van der Waals surface area contributed by atoms with E-state index in [1.54, 1.807) is 0 Å². The summed E-state index contributed by atoms with van der Waals surface area (Å²) in [6.07, 6.45) is 4.49. The quantitative estimate of drug-likeness (QED) is 0.620. The second-order valence-electron chi connectivity index (χ2n) is 6.12. The molecule has 0 saturated heterocycles. The van der Waals surface area contributed by atoms with E-state index < -0.39 is 0 Å². The van der Waals surface area contributed by atoms with E-state index in [0.29, 0.717) is 6.42 Å². The minimum absolute atomic E-state index is 0. The molecule has 0 aliphatic rings. The molecule has 0 spiro atoms. The van der Waals surface area contributed by atoms with Gasteiger partial charge in [-0.25, -0.2) is 0 Å². The summed E-state index contributed by atoms with van der Waals surface area (Å²) in [5.41, 5.74) is 2.54. The van der Waals surface area contributed by atoms with Crippen molar-refractivity contribution in [1.82, 2.24) is 10.6 Å². The van der Waals surface area contributed by atoms with Crippen LogP contribution in [0.3, 0.4) is 0 Å². The molecular weight excluding hydrogens is 332 g/mol. The van der Waals surface area contributed by atoms with E-state index in [9.17, 15) is 4.79 Å². The molecule has 0 fully saturated rings. The number of aryl methyl sites for hydroxylation is 1. The van der Waals surface area contributed by atoms with Crippen molar-refractivity contribution >= 4 is 18.3 Å². The number of halogens is 1. The van der Waals surface area contributed by atoms with E-state index in [4.69, 9.17) is 0 Å². The standard InChI is InChI=1S/C21H28N2O.ClH/c1-22-17-9-16-21(24)23-20(19-13-6-3-7-14-19)15-8-12-18-10-4-2-5-11-18;/h2-7,10-11,13-14,20,22H,8-9,12,15-17H2,1H3,(H,23,24);1H. The summed E-state index contributed by atoms with van der Waals surface area (Å²) in [5, 5.41) is 6.29. The average Bonchev–Trinajstić information content (AvgIpc) is 2.63. The molecule has 1 amide bonds. The van der Waals surface area contributed by atoms with Crippen molar-refractivity contribution in [1.29, 1.82) is 0 Å². The highest BCUT2D eigenvalue weighted by atomic mass is 35.5. The maximum Gasteiger partial charge on any atom is 0.220 e. The first-order valence-electron chi connectivity index (χ1n) is 8.82. The SMILES string of the molecule is CNCCCC(=O)NC(CCCc1ccccc1)c1ccccc1.Cl. The average molecular weight is 361 g/mol. The molecule has 4 heteroatoms. The van der Waals surface area contributed by atoms with Crippen LogP contribution < -0.4 is 10.6 Å². The van der Waals surface area contributed by atoms with Crippen LogP contribution in [-0.4, -0.2) is 19.5 Å². The monoisotopic (exact) mass is 360 g/mol. The normalized spacial score (nSPS) is 11.4. The van der Waals surface area contributed by atoms with Gasteiger partial charge in [-0.05, 0) is 50.4 Å². The van der Waals surface area contributed by atoms with Crippen molar-refractivity contribution in [3.63, 3.8) is 0 Å². The summed E-state index contributed by atoms with van der Waals surface area (Å²) in [7, 11) is 1.91. The molecule has 2 aromatic rings. The summed E-state index contributed by atoms with van der Waals surface area (Å²) in [5.74, 6) is 0.138. The van der Waals surface area contributed by atoms with Gasteiger partial charge >= 0.3 is 0 Å². The van der Waals surface area contributed by atoms with Crippen LogP contribution in [0, 0.1) is 0 Å². The molecule has 0 bridgehead atoms.